The molecule has 6 nitrogen and oxygen atoms in total. The molecule has 0 aromatic heterocycles. The van der Waals surface area contributed by atoms with Gasteiger partial charge in [-0.3, -0.25) is 0 Å². The van der Waals surface area contributed by atoms with Crippen molar-refractivity contribution in [2.24, 2.45) is 0 Å². The highest BCUT2D eigenvalue weighted by molar-refractivity contribution is 8.10. The first-order valence-corrected chi connectivity index (χ1v) is 5.44. The number of hydrogen-bond acceptors (Lipinski definition) is 6. The molecule has 0 rings (SSSR count). The summed E-state index contributed by atoms with van der Waals surface area (Å²) >= 11 is 8.57. The zero-order valence-electron chi connectivity index (χ0n) is 8.76. The minimum Gasteiger partial charge on any atom is -0.394 e. The fourth-order valence-electron chi connectivity index (χ4n) is 1.03. The minimum atomic E-state index is -1.62. The number of hydrogen-bond donors (Lipinski definition) is 6. The van der Waals surface area contributed by atoms with Crippen LogP contribution in [0.4, 0.5) is 0 Å². The van der Waals surface area contributed by atoms with E-state index in [2.05, 4.69) is 12.6 Å². The monoisotopic (exact) mass is 271 g/mol. The molecule has 0 saturated carbocycles. The maximum Gasteiger partial charge on any atom is 0.133 e. The van der Waals surface area contributed by atoms with Crippen molar-refractivity contribution in [1.29, 1.82) is 0 Å². The van der Waals surface area contributed by atoms with E-state index in [1.54, 1.807) is 7.05 Å². The minimum absolute atomic E-state index is 0.0429. The summed E-state index contributed by atoms with van der Waals surface area (Å²) in [5.74, 6) is 0. The second kappa shape index (κ2) is 7.38. The van der Waals surface area contributed by atoms with E-state index in [0.717, 1.165) is 0 Å². The van der Waals surface area contributed by atoms with Crippen molar-refractivity contribution in [1.82, 2.24) is 4.90 Å². The maximum absolute atomic E-state index is 9.51. The van der Waals surface area contributed by atoms with Gasteiger partial charge in [0, 0.05) is 13.6 Å². The lowest BCUT2D eigenvalue weighted by Gasteiger charge is -2.28. The second-order valence-electron chi connectivity index (χ2n) is 3.46. The number of aliphatic hydroxyl groups is 5. The van der Waals surface area contributed by atoms with Crippen LogP contribution in [0.25, 0.3) is 0 Å². The van der Waals surface area contributed by atoms with Crippen LogP contribution in [0.1, 0.15) is 0 Å². The van der Waals surface area contributed by atoms with Gasteiger partial charge >= 0.3 is 0 Å². The van der Waals surface area contributed by atoms with Crippen molar-refractivity contribution in [3.05, 3.63) is 0 Å². The Hall–Kier alpha value is 0.0400. The van der Waals surface area contributed by atoms with Gasteiger partial charge in [0.05, 0.1) is 12.7 Å². The van der Waals surface area contributed by atoms with Gasteiger partial charge in [-0.1, -0.05) is 12.2 Å². The molecule has 0 heterocycles. The van der Waals surface area contributed by atoms with E-state index < -0.39 is 31.0 Å². The van der Waals surface area contributed by atoms with E-state index in [4.69, 9.17) is 22.4 Å². The predicted molar refractivity (Wildman–Crippen MR) is 65.3 cm³/mol. The molecule has 0 spiro atoms. The van der Waals surface area contributed by atoms with E-state index in [1.165, 1.54) is 4.90 Å². The number of likely N-dealkylation sites (N-methyl/N-ethyl adjacent to an activating group) is 1. The standard InChI is InChI=1S/C8H17NO5S2/c1-9(8(15)16)2-4(11)6(13)7(14)5(12)3-10/h4-7,10-14H,2-3H2,1H3,(H,15,16)/t4-,5+,6-,7+/m0/s1. The summed E-state index contributed by atoms with van der Waals surface area (Å²) in [4.78, 5) is 1.39. The molecule has 0 fully saturated rings. The second-order valence-corrected chi connectivity index (χ2v) is 4.57. The van der Waals surface area contributed by atoms with Crippen LogP contribution < -0.4 is 0 Å². The maximum atomic E-state index is 9.51. The van der Waals surface area contributed by atoms with Crippen LogP contribution in [-0.4, -0.2) is 79.4 Å². The third-order valence-corrected chi connectivity index (χ3v) is 2.77. The number of nitrogens with zero attached hydrogens (tertiary/aromatic N) is 1. The molecule has 96 valence electrons. The van der Waals surface area contributed by atoms with Crippen molar-refractivity contribution in [2.45, 2.75) is 24.4 Å². The molecule has 0 bridgehead atoms. The Balaban J connectivity index is 4.27. The van der Waals surface area contributed by atoms with Gasteiger partial charge in [0.2, 0.25) is 0 Å². The average Bonchev–Trinajstić information content (AvgIpc) is 2.25. The van der Waals surface area contributed by atoms with E-state index in [-0.39, 0.29) is 10.9 Å². The largest absolute Gasteiger partial charge is 0.394 e. The number of aliphatic hydroxyl groups excluding tert-OH is 5. The Kier molecular flexibility index (Phi) is 7.40. The van der Waals surface area contributed by atoms with Gasteiger partial charge < -0.3 is 30.4 Å². The van der Waals surface area contributed by atoms with E-state index in [0.29, 0.717) is 0 Å². The number of thiol groups is 1. The highest BCUT2D eigenvalue weighted by atomic mass is 32.1. The summed E-state index contributed by atoms with van der Waals surface area (Å²) in [6.07, 6.45) is -6.02. The summed E-state index contributed by atoms with van der Waals surface area (Å²) in [6.45, 7) is -0.746. The zero-order valence-corrected chi connectivity index (χ0v) is 10.5. The highest BCUT2D eigenvalue weighted by Gasteiger charge is 2.30. The van der Waals surface area contributed by atoms with Gasteiger partial charge in [-0.2, -0.15) is 0 Å². The van der Waals surface area contributed by atoms with Gasteiger partial charge in [0.1, 0.15) is 22.6 Å². The third-order valence-electron chi connectivity index (χ3n) is 2.11. The average molecular weight is 271 g/mol. The SMILES string of the molecule is CN(C[C@H](O)[C@H](O)[C@H](O)[C@H](O)CO)C(=S)S. The Morgan fingerprint density at radius 1 is 1.19 bits per heavy atom. The van der Waals surface area contributed by atoms with Gasteiger partial charge in [0.15, 0.2) is 0 Å². The van der Waals surface area contributed by atoms with Crippen LogP contribution in [0, 0.1) is 0 Å². The molecule has 8 heteroatoms. The normalized spacial score (nSPS) is 18.7. The van der Waals surface area contributed by atoms with Crippen LogP contribution in [-0.2, 0) is 0 Å². The zero-order chi connectivity index (χ0) is 12.9. The fourth-order valence-corrected chi connectivity index (χ4v) is 1.19. The Morgan fingerprint density at radius 3 is 2.00 bits per heavy atom. The third kappa shape index (κ3) is 4.91. The molecule has 0 aliphatic carbocycles. The summed E-state index contributed by atoms with van der Waals surface area (Å²) in [5, 5.41) is 45.9. The van der Waals surface area contributed by atoms with Crippen molar-refractivity contribution in [3.8, 4) is 0 Å². The summed E-state index contributed by atoms with van der Waals surface area (Å²) in [6, 6.07) is 0. The van der Waals surface area contributed by atoms with Gasteiger partial charge in [-0.25, -0.2) is 0 Å². The lowest BCUT2D eigenvalue weighted by atomic mass is 10.0. The van der Waals surface area contributed by atoms with Crippen LogP contribution in [0.2, 0.25) is 0 Å². The molecule has 0 aliphatic heterocycles. The first-order valence-electron chi connectivity index (χ1n) is 4.58. The summed E-state index contributed by atoms with van der Waals surface area (Å²) < 4.78 is 0.225. The highest BCUT2D eigenvalue weighted by Crippen LogP contribution is 2.07. The topological polar surface area (TPSA) is 104 Å². The fraction of sp³-hybridized carbons (Fsp3) is 0.875. The Morgan fingerprint density at radius 2 is 1.62 bits per heavy atom. The molecular formula is C8H17NO5S2. The van der Waals surface area contributed by atoms with Crippen molar-refractivity contribution in [2.75, 3.05) is 20.2 Å². The van der Waals surface area contributed by atoms with Crippen LogP contribution >= 0.6 is 24.8 Å². The molecule has 5 N–H and O–H groups in total. The first-order chi connectivity index (χ1) is 7.31. The molecule has 0 aromatic carbocycles. The van der Waals surface area contributed by atoms with Crippen molar-refractivity contribution >= 4 is 29.2 Å². The van der Waals surface area contributed by atoms with E-state index >= 15 is 0 Å². The molecular weight excluding hydrogens is 254 g/mol. The quantitative estimate of drug-likeness (QED) is 0.236. The van der Waals surface area contributed by atoms with Crippen molar-refractivity contribution in [3.63, 3.8) is 0 Å². The van der Waals surface area contributed by atoms with Crippen molar-refractivity contribution < 1.29 is 25.5 Å². The van der Waals surface area contributed by atoms with Gasteiger partial charge in [-0.15, -0.1) is 12.6 Å². The van der Waals surface area contributed by atoms with Crippen LogP contribution in [0.15, 0.2) is 0 Å². The number of rotatable bonds is 6. The molecule has 0 aromatic rings. The number of thiocarbonyl (C=S) groups is 1. The van der Waals surface area contributed by atoms with E-state index in [1.807, 2.05) is 0 Å². The summed E-state index contributed by atoms with van der Waals surface area (Å²) in [5.41, 5.74) is 0. The van der Waals surface area contributed by atoms with Gasteiger partial charge in [0.25, 0.3) is 0 Å². The molecule has 0 saturated heterocycles. The lowest BCUT2D eigenvalue weighted by molar-refractivity contribution is -0.116. The van der Waals surface area contributed by atoms with Crippen LogP contribution in [0.3, 0.4) is 0 Å². The molecule has 16 heavy (non-hydrogen) atoms. The molecule has 0 aliphatic rings. The smallest absolute Gasteiger partial charge is 0.133 e. The van der Waals surface area contributed by atoms with Gasteiger partial charge in [-0.05, 0) is 0 Å². The molecule has 0 radical (unpaired) electrons. The predicted octanol–water partition coefficient (Wildman–Crippen LogP) is -2.43. The Labute approximate surface area is 105 Å². The summed E-state index contributed by atoms with van der Waals surface area (Å²) in [7, 11) is 1.56. The first kappa shape index (κ1) is 16.0. The Bertz CT molecular complexity index is 230. The molecule has 0 unspecified atom stereocenters. The molecule has 0 amide bonds. The van der Waals surface area contributed by atoms with Crippen LogP contribution in [0.5, 0.6) is 0 Å². The van der Waals surface area contributed by atoms with E-state index in [9.17, 15) is 15.3 Å². The molecule has 4 atom stereocenters. The lowest BCUT2D eigenvalue weighted by Crippen LogP contribution is -2.49.